The topological polar surface area (TPSA) is 43.6 Å². The van der Waals surface area contributed by atoms with Crippen LogP contribution in [0.2, 0.25) is 0 Å². The van der Waals surface area contributed by atoms with Gasteiger partial charge in [0.15, 0.2) is 17.5 Å². The third-order valence-electron chi connectivity index (χ3n) is 12.3. The molecule has 0 fully saturated rings. The average Bonchev–Trinajstić information content (AvgIpc) is 3.66. The standard InChI is InChI=1S/C57H38N4/c1-5-13-37(14-6-1)43-24-27-53-51(35-43)52-36-44(38-15-7-2-8-16-38)25-28-54(52)61(53)50-26-23-42-30-47-32-46-31-45(22-21-41(46)29-48(47)33-49(42)34-50)57-59-55(39-17-9-3-10-18-39)58-56(60-57)40-19-11-4-12-20-40/h1-28,30-31,33-36H,29,32H2. The van der Waals surface area contributed by atoms with Gasteiger partial charge < -0.3 is 4.57 Å². The zero-order chi connectivity index (χ0) is 40.3. The Kier molecular flexibility index (Phi) is 8.27. The summed E-state index contributed by atoms with van der Waals surface area (Å²) in [5, 5.41) is 5.00. The molecule has 0 atom stereocenters. The number of hydrogen-bond donors (Lipinski definition) is 0. The summed E-state index contributed by atoms with van der Waals surface area (Å²) >= 11 is 0. The SMILES string of the molecule is c1ccc(-c2ccc3c(c2)c2cc(-c4ccccc4)ccc2n3-c2ccc3cc4c(cc3c2)Cc2ccc(-c3nc(-c5ccccc5)nc(-c5ccccc5)n3)cc2C4)cc1. The van der Waals surface area contributed by atoms with Crippen LogP contribution in [0.1, 0.15) is 22.3 Å². The summed E-state index contributed by atoms with van der Waals surface area (Å²) in [4.78, 5) is 14.9. The number of nitrogens with zero attached hydrogens (tertiary/aromatic N) is 4. The summed E-state index contributed by atoms with van der Waals surface area (Å²) < 4.78 is 2.44. The van der Waals surface area contributed by atoms with Gasteiger partial charge in [0.2, 0.25) is 0 Å². The first-order chi connectivity index (χ1) is 30.2. The first kappa shape index (κ1) is 35.0. The quantitative estimate of drug-likeness (QED) is 0.169. The lowest BCUT2D eigenvalue weighted by molar-refractivity contribution is 1.00. The molecular formula is C57H38N4. The van der Waals surface area contributed by atoms with Crippen molar-refractivity contribution in [2.45, 2.75) is 12.8 Å². The third-order valence-corrected chi connectivity index (χ3v) is 12.3. The van der Waals surface area contributed by atoms with Crippen LogP contribution in [0.15, 0.2) is 206 Å². The van der Waals surface area contributed by atoms with E-state index in [1.807, 2.05) is 36.4 Å². The minimum Gasteiger partial charge on any atom is -0.309 e. The Morgan fingerprint density at radius 2 is 0.738 bits per heavy atom. The minimum absolute atomic E-state index is 0.674. The Labute approximate surface area is 354 Å². The smallest absolute Gasteiger partial charge is 0.164 e. The third kappa shape index (κ3) is 6.28. The molecule has 4 heteroatoms. The molecule has 2 aromatic heterocycles. The lowest BCUT2D eigenvalue weighted by Crippen LogP contribution is -2.08. The predicted molar refractivity (Wildman–Crippen MR) is 251 cm³/mol. The molecule has 0 amide bonds. The van der Waals surface area contributed by atoms with Crippen LogP contribution in [-0.4, -0.2) is 19.5 Å². The van der Waals surface area contributed by atoms with Gasteiger partial charge in [-0.25, -0.2) is 15.0 Å². The van der Waals surface area contributed by atoms with E-state index in [0.29, 0.717) is 17.5 Å². The maximum Gasteiger partial charge on any atom is 0.164 e. The second kappa shape index (κ2) is 14.4. The van der Waals surface area contributed by atoms with E-state index in [1.165, 1.54) is 77.1 Å². The first-order valence-electron chi connectivity index (χ1n) is 20.9. The van der Waals surface area contributed by atoms with Gasteiger partial charge in [0, 0.05) is 33.2 Å². The van der Waals surface area contributed by atoms with Gasteiger partial charge in [-0.3, -0.25) is 0 Å². The van der Waals surface area contributed by atoms with Crippen LogP contribution in [0.4, 0.5) is 0 Å². The van der Waals surface area contributed by atoms with Gasteiger partial charge in [0.1, 0.15) is 0 Å². The van der Waals surface area contributed by atoms with E-state index in [2.05, 4.69) is 174 Å². The zero-order valence-corrected chi connectivity index (χ0v) is 33.3. The van der Waals surface area contributed by atoms with Gasteiger partial charge >= 0.3 is 0 Å². The van der Waals surface area contributed by atoms with Crippen LogP contribution in [0.25, 0.3) is 94.7 Å². The van der Waals surface area contributed by atoms with Crippen molar-refractivity contribution >= 4 is 32.6 Å². The number of benzene rings is 9. The molecule has 2 heterocycles. The number of rotatable bonds is 6. The summed E-state index contributed by atoms with van der Waals surface area (Å²) in [7, 11) is 0. The number of fused-ring (bicyclic) bond motifs is 6. The Morgan fingerprint density at radius 3 is 1.28 bits per heavy atom. The molecule has 0 unspecified atom stereocenters. The van der Waals surface area contributed by atoms with E-state index >= 15 is 0 Å². The second-order valence-corrected chi connectivity index (χ2v) is 16.1. The highest BCUT2D eigenvalue weighted by Gasteiger charge is 2.20. The molecule has 0 bridgehead atoms. The van der Waals surface area contributed by atoms with Crippen molar-refractivity contribution in [2.24, 2.45) is 0 Å². The fraction of sp³-hybridized carbons (Fsp3) is 0.0351. The second-order valence-electron chi connectivity index (χ2n) is 16.1. The lowest BCUT2D eigenvalue weighted by atomic mass is 9.84. The van der Waals surface area contributed by atoms with E-state index in [0.717, 1.165) is 35.2 Å². The van der Waals surface area contributed by atoms with Gasteiger partial charge in [-0.15, -0.1) is 0 Å². The molecule has 1 aliphatic carbocycles. The van der Waals surface area contributed by atoms with Gasteiger partial charge in [0.05, 0.1) is 11.0 Å². The molecule has 0 saturated carbocycles. The Bertz CT molecular complexity index is 3290. The normalized spacial score (nSPS) is 12.1. The molecule has 9 aromatic carbocycles. The molecule has 11 aromatic rings. The van der Waals surface area contributed by atoms with Crippen LogP contribution in [0, 0.1) is 0 Å². The maximum atomic E-state index is 5.01. The summed E-state index contributed by atoms with van der Waals surface area (Å²) in [6.07, 6.45) is 1.74. The van der Waals surface area contributed by atoms with Crippen molar-refractivity contribution in [3.8, 4) is 62.1 Å². The molecule has 61 heavy (non-hydrogen) atoms. The summed E-state index contributed by atoms with van der Waals surface area (Å²) in [5.74, 6) is 2.03. The van der Waals surface area contributed by atoms with Crippen LogP contribution in [-0.2, 0) is 12.8 Å². The Hall–Kier alpha value is -7.95. The first-order valence-corrected chi connectivity index (χ1v) is 20.9. The molecule has 12 rings (SSSR count). The Morgan fingerprint density at radius 1 is 0.295 bits per heavy atom. The molecule has 0 N–H and O–H groups in total. The van der Waals surface area contributed by atoms with Gasteiger partial charge in [0.25, 0.3) is 0 Å². The maximum absolute atomic E-state index is 5.01. The van der Waals surface area contributed by atoms with E-state index in [1.54, 1.807) is 0 Å². The van der Waals surface area contributed by atoms with Crippen molar-refractivity contribution in [1.82, 2.24) is 19.5 Å². The van der Waals surface area contributed by atoms with E-state index < -0.39 is 0 Å². The highest BCUT2D eigenvalue weighted by atomic mass is 15.0. The summed E-state index contributed by atoms with van der Waals surface area (Å²) in [5.41, 5.74) is 16.8. The van der Waals surface area contributed by atoms with Gasteiger partial charge in [-0.1, -0.05) is 164 Å². The van der Waals surface area contributed by atoms with Gasteiger partial charge in [-0.05, 0) is 111 Å². The van der Waals surface area contributed by atoms with Crippen LogP contribution in [0.5, 0.6) is 0 Å². The highest BCUT2D eigenvalue weighted by Crippen LogP contribution is 2.39. The van der Waals surface area contributed by atoms with E-state index in [4.69, 9.17) is 15.0 Å². The Balaban J connectivity index is 0.923. The minimum atomic E-state index is 0.674. The average molecular weight is 779 g/mol. The monoisotopic (exact) mass is 778 g/mol. The van der Waals surface area contributed by atoms with Crippen molar-refractivity contribution in [2.75, 3.05) is 0 Å². The molecule has 286 valence electrons. The highest BCUT2D eigenvalue weighted by molar-refractivity contribution is 6.12. The fourth-order valence-corrected chi connectivity index (χ4v) is 9.22. The van der Waals surface area contributed by atoms with Gasteiger partial charge in [-0.2, -0.15) is 0 Å². The predicted octanol–water partition coefficient (Wildman–Crippen LogP) is 14.0. The molecule has 0 radical (unpaired) electrons. The van der Waals surface area contributed by atoms with Crippen molar-refractivity contribution in [1.29, 1.82) is 0 Å². The van der Waals surface area contributed by atoms with Crippen LogP contribution in [0.3, 0.4) is 0 Å². The summed E-state index contributed by atoms with van der Waals surface area (Å²) in [6, 6.07) is 74.1. The van der Waals surface area contributed by atoms with E-state index in [9.17, 15) is 0 Å². The fourth-order valence-electron chi connectivity index (χ4n) is 9.22. The number of aromatic nitrogens is 4. The van der Waals surface area contributed by atoms with Crippen molar-refractivity contribution < 1.29 is 0 Å². The molecular weight excluding hydrogens is 741 g/mol. The molecule has 4 nitrogen and oxygen atoms in total. The largest absolute Gasteiger partial charge is 0.309 e. The van der Waals surface area contributed by atoms with Crippen LogP contribution >= 0.6 is 0 Å². The molecule has 0 spiro atoms. The zero-order valence-electron chi connectivity index (χ0n) is 33.3. The molecule has 0 saturated heterocycles. The lowest BCUT2D eigenvalue weighted by Gasteiger charge is -2.21. The van der Waals surface area contributed by atoms with E-state index in [-0.39, 0.29) is 0 Å². The summed E-state index contributed by atoms with van der Waals surface area (Å²) in [6.45, 7) is 0. The number of hydrogen-bond acceptors (Lipinski definition) is 3. The molecule has 1 aliphatic rings. The molecule has 0 aliphatic heterocycles. The van der Waals surface area contributed by atoms with Crippen molar-refractivity contribution in [3.05, 3.63) is 229 Å². The van der Waals surface area contributed by atoms with Crippen molar-refractivity contribution in [3.63, 3.8) is 0 Å². The van der Waals surface area contributed by atoms with Crippen LogP contribution < -0.4 is 0 Å².